The second-order valence-corrected chi connectivity index (χ2v) is 5.72. The molecule has 0 aliphatic heterocycles. The lowest BCUT2D eigenvalue weighted by molar-refractivity contribution is 0.361. The third-order valence-electron chi connectivity index (χ3n) is 3.24. The summed E-state index contributed by atoms with van der Waals surface area (Å²) in [4.78, 5) is 20.7. The molecular weight excluding hydrogens is 280 g/mol. The van der Waals surface area contributed by atoms with Crippen molar-refractivity contribution >= 4 is 11.6 Å². The van der Waals surface area contributed by atoms with E-state index in [1.54, 1.807) is 4.57 Å². The second kappa shape index (κ2) is 5.01. The van der Waals surface area contributed by atoms with Gasteiger partial charge < -0.3 is 4.52 Å². The van der Waals surface area contributed by atoms with E-state index in [0.717, 1.165) is 12.8 Å². The minimum Gasteiger partial charge on any atom is -0.337 e. The van der Waals surface area contributed by atoms with E-state index in [4.69, 9.17) is 16.1 Å². The Balaban J connectivity index is 1.95. The van der Waals surface area contributed by atoms with E-state index in [-0.39, 0.29) is 23.2 Å². The highest BCUT2D eigenvalue weighted by Gasteiger charge is 2.29. The molecule has 0 unspecified atom stereocenters. The zero-order valence-corrected chi connectivity index (χ0v) is 12.1. The van der Waals surface area contributed by atoms with Gasteiger partial charge in [0.15, 0.2) is 5.82 Å². The topological polar surface area (TPSA) is 73.8 Å². The number of hydrogen-bond donors (Lipinski definition) is 0. The molecule has 6 nitrogen and oxygen atoms in total. The van der Waals surface area contributed by atoms with Crippen LogP contribution in [-0.2, 0) is 6.54 Å². The molecule has 0 amide bonds. The molecule has 0 bridgehead atoms. The average Bonchev–Trinajstić information content (AvgIpc) is 3.11. The highest BCUT2D eigenvalue weighted by Crippen LogP contribution is 2.38. The summed E-state index contributed by atoms with van der Waals surface area (Å²) in [5.41, 5.74) is -0.184. The molecule has 0 atom stereocenters. The van der Waals surface area contributed by atoms with Gasteiger partial charge >= 0.3 is 0 Å². The third-order valence-corrected chi connectivity index (χ3v) is 3.44. The van der Waals surface area contributed by atoms with Gasteiger partial charge in [0.2, 0.25) is 5.89 Å². The van der Waals surface area contributed by atoms with E-state index in [0.29, 0.717) is 23.5 Å². The molecule has 0 aromatic carbocycles. The van der Waals surface area contributed by atoms with Crippen LogP contribution >= 0.6 is 11.6 Å². The maximum absolute atomic E-state index is 12.1. The first-order valence-electron chi connectivity index (χ1n) is 6.64. The summed E-state index contributed by atoms with van der Waals surface area (Å²) in [6, 6.07) is 1.31. The molecular formula is C13H15ClN4O2. The molecule has 1 fully saturated rings. The first-order chi connectivity index (χ1) is 9.54. The van der Waals surface area contributed by atoms with Gasteiger partial charge in [0, 0.05) is 17.9 Å². The van der Waals surface area contributed by atoms with Gasteiger partial charge in [0.25, 0.3) is 5.56 Å². The average molecular weight is 295 g/mol. The Kier molecular flexibility index (Phi) is 3.33. The van der Waals surface area contributed by atoms with E-state index >= 15 is 0 Å². The molecule has 1 saturated carbocycles. The monoisotopic (exact) mass is 294 g/mol. The summed E-state index contributed by atoms with van der Waals surface area (Å²) in [7, 11) is 0. The van der Waals surface area contributed by atoms with Gasteiger partial charge in [-0.25, -0.2) is 4.98 Å². The molecule has 0 radical (unpaired) electrons. The van der Waals surface area contributed by atoms with Crippen molar-refractivity contribution in [2.24, 2.45) is 0 Å². The SMILES string of the molecule is CC(C)c1noc(Cn2c(C3CC3)nc(Cl)cc2=O)n1. The van der Waals surface area contributed by atoms with Crippen LogP contribution in [0.25, 0.3) is 0 Å². The molecule has 106 valence electrons. The van der Waals surface area contributed by atoms with E-state index in [2.05, 4.69) is 15.1 Å². The van der Waals surface area contributed by atoms with Crippen molar-refractivity contribution in [1.29, 1.82) is 0 Å². The van der Waals surface area contributed by atoms with Crippen LogP contribution < -0.4 is 5.56 Å². The lowest BCUT2D eigenvalue weighted by Gasteiger charge is -2.08. The normalized spacial score (nSPS) is 15.0. The Hall–Kier alpha value is -1.69. The Morgan fingerprint density at radius 2 is 2.20 bits per heavy atom. The van der Waals surface area contributed by atoms with E-state index < -0.39 is 0 Å². The van der Waals surface area contributed by atoms with Gasteiger partial charge in [-0.05, 0) is 12.8 Å². The van der Waals surface area contributed by atoms with Crippen LogP contribution in [0.4, 0.5) is 0 Å². The smallest absolute Gasteiger partial charge is 0.255 e. The van der Waals surface area contributed by atoms with Crippen LogP contribution in [0.3, 0.4) is 0 Å². The van der Waals surface area contributed by atoms with Crippen molar-refractivity contribution in [3.63, 3.8) is 0 Å². The van der Waals surface area contributed by atoms with Gasteiger partial charge in [-0.2, -0.15) is 4.98 Å². The van der Waals surface area contributed by atoms with E-state index in [1.807, 2.05) is 13.8 Å². The van der Waals surface area contributed by atoms with Gasteiger partial charge in [-0.1, -0.05) is 30.6 Å². The van der Waals surface area contributed by atoms with Crippen molar-refractivity contribution in [1.82, 2.24) is 19.7 Å². The molecule has 0 spiro atoms. The summed E-state index contributed by atoms with van der Waals surface area (Å²) < 4.78 is 6.76. The summed E-state index contributed by atoms with van der Waals surface area (Å²) in [6.07, 6.45) is 2.07. The molecule has 20 heavy (non-hydrogen) atoms. The lowest BCUT2D eigenvalue weighted by Crippen LogP contribution is -2.25. The third kappa shape index (κ3) is 2.60. The maximum atomic E-state index is 12.1. The Morgan fingerprint density at radius 3 is 2.80 bits per heavy atom. The Bertz CT molecular complexity index is 688. The van der Waals surface area contributed by atoms with Gasteiger partial charge in [0.1, 0.15) is 17.5 Å². The van der Waals surface area contributed by atoms with Gasteiger partial charge in [0.05, 0.1) is 0 Å². The van der Waals surface area contributed by atoms with Crippen molar-refractivity contribution < 1.29 is 4.52 Å². The fourth-order valence-electron chi connectivity index (χ4n) is 2.01. The fraction of sp³-hybridized carbons (Fsp3) is 0.538. The van der Waals surface area contributed by atoms with E-state index in [1.165, 1.54) is 6.07 Å². The summed E-state index contributed by atoms with van der Waals surface area (Å²) in [5, 5.41) is 4.14. The minimum absolute atomic E-state index is 0.184. The first-order valence-corrected chi connectivity index (χ1v) is 7.02. The minimum atomic E-state index is -0.184. The first kappa shape index (κ1) is 13.3. The fourth-order valence-corrected chi connectivity index (χ4v) is 2.19. The number of aromatic nitrogens is 4. The molecule has 3 rings (SSSR count). The largest absolute Gasteiger partial charge is 0.337 e. The molecule has 2 heterocycles. The van der Waals surface area contributed by atoms with Crippen LogP contribution in [0.2, 0.25) is 5.15 Å². The molecule has 7 heteroatoms. The maximum Gasteiger partial charge on any atom is 0.255 e. The highest BCUT2D eigenvalue weighted by molar-refractivity contribution is 6.29. The number of halogens is 1. The van der Waals surface area contributed by atoms with Crippen LogP contribution in [-0.4, -0.2) is 19.7 Å². The lowest BCUT2D eigenvalue weighted by atomic mass is 10.2. The zero-order chi connectivity index (χ0) is 14.3. The summed E-state index contributed by atoms with van der Waals surface area (Å²) >= 11 is 5.87. The van der Waals surface area contributed by atoms with Gasteiger partial charge in [-0.3, -0.25) is 9.36 Å². The second-order valence-electron chi connectivity index (χ2n) is 5.34. The zero-order valence-electron chi connectivity index (χ0n) is 11.3. The van der Waals surface area contributed by atoms with Crippen molar-refractivity contribution in [3.8, 4) is 0 Å². The van der Waals surface area contributed by atoms with Gasteiger partial charge in [-0.15, -0.1) is 0 Å². The summed E-state index contributed by atoms with van der Waals surface area (Å²) in [6.45, 7) is 4.22. The highest BCUT2D eigenvalue weighted by atomic mass is 35.5. The van der Waals surface area contributed by atoms with Crippen molar-refractivity contribution in [3.05, 3.63) is 39.1 Å². The molecule has 0 N–H and O–H groups in total. The predicted octanol–water partition coefficient (Wildman–Crippen LogP) is 2.33. The van der Waals surface area contributed by atoms with E-state index in [9.17, 15) is 4.79 Å². The Labute approximate surface area is 120 Å². The predicted molar refractivity (Wildman–Crippen MR) is 73.0 cm³/mol. The quantitative estimate of drug-likeness (QED) is 0.809. The molecule has 1 aliphatic rings. The van der Waals surface area contributed by atoms with Crippen LogP contribution in [0.1, 0.15) is 56.1 Å². The number of nitrogens with zero attached hydrogens (tertiary/aromatic N) is 4. The van der Waals surface area contributed by atoms with Crippen LogP contribution in [0.5, 0.6) is 0 Å². The summed E-state index contributed by atoms with van der Waals surface area (Å²) in [5.74, 6) is 2.28. The van der Waals surface area contributed by atoms with Crippen molar-refractivity contribution in [2.75, 3.05) is 0 Å². The number of rotatable bonds is 4. The van der Waals surface area contributed by atoms with Crippen molar-refractivity contribution in [2.45, 2.75) is 45.1 Å². The Morgan fingerprint density at radius 1 is 1.45 bits per heavy atom. The van der Waals surface area contributed by atoms with Crippen LogP contribution in [0.15, 0.2) is 15.4 Å². The van der Waals surface area contributed by atoms with Crippen LogP contribution in [0, 0.1) is 0 Å². The number of hydrogen-bond acceptors (Lipinski definition) is 5. The molecule has 2 aromatic heterocycles. The molecule has 1 aliphatic carbocycles. The molecule has 2 aromatic rings. The standard InChI is InChI=1S/C13H15ClN4O2/c1-7(2)12-16-10(20-17-12)6-18-11(19)5-9(14)15-13(18)8-3-4-8/h5,7-8H,3-4,6H2,1-2H3. The molecule has 0 saturated heterocycles.